The second-order valence-corrected chi connectivity index (χ2v) is 5.49. The van der Waals surface area contributed by atoms with Gasteiger partial charge in [0.05, 0.1) is 12.5 Å². The van der Waals surface area contributed by atoms with Gasteiger partial charge in [-0.05, 0) is 45.0 Å². The van der Waals surface area contributed by atoms with Crippen LogP contribution in [0.15, 0.2) is 24.3 Å². The predicted molar refractivity (Wildman–Crippen MR) is 73.4 cm³/mol. The molecule has 3 nitrogen and oxygen atoms in total. The molecule has 106 valence electrons. The Kier molecular flexibility index (Phi) is 5.48. The van der Waals surface area contributed by atoms with Crippen molar-refractivity contribution in [3.05, 3.63) is 35.6 Å². The van der Waals surface area contributed by atoms with E-state index in [0.29, 0.717) is 6.54 Å². The molecule has 0 heterocycles. The maximum Gasteiger partial charge on any atom is 0.312 e. The zero-order valence-corrected chi connectivity index (χ0v) is 12.1. The molecule has 0 spiro atoms. The summed E-state index contributed by atoms with van der Waals surface area (Å²) in [7, 11) is 3.37. The fourth-order valence-electron chi connectivity index (χ4n) is 2.07. The number of halogens is 1. The van der Waals surface area contributed by atoms with Gasteiger partial charge in [0.15, 0.2) is 0 Å². The summed E-state index contributed by atoms with van der Waals surface area (Å²) in [6.07, 6.45) is 0.827. The zero-order valence-electron chi connectivity index (χ0n) is 12.1. The maximum atomic E-state index is 12.8. The Morgan fingerprint density at radius 3 is 2.42 bits per heavy atom. The molecular formula is C15H22FNO2. The first-order chi connectivity index (χ1) is 8.85. The van der Waals surface area contributed by atoms with Crippen LogP contribution in [0.3, 0.4) is 0 Å². The van der Waals surface area contributed by atoms with Crippen LogP contribution in [0.25, 0.3) is 0 Å². The zero-order chi connectivity index (χ0) is 14.5. The minimum absolute atomic E-state index is 0.207. The Bertz CT molecular complexity index is 415. The Morgan fingerprint density at radius 2 is 1.89 bits per heavy atom. The first kappa shape index (κ1) is 15.6. The molecule has 0 aliphatic carbocycles. The number of likely N-dealkylation sites (N-methyl/N-ethyl adjacent to an activating group) is 1. The van der Waals surface area contributed by atoms with Crippen molar-refractivity contribution in [3.8, 4) is 0 Å². The van der Waals surface area contributed by atoms with Crippen molar-refractivity contribution < 1.29 is 13.9 Å². The minimum atomic E-state index is -0.522. The summed E-state index contributed by atoms with van der Waals surface area (Å²) in [6, 6.07) is 6.50. The van der Waals surface area contributed by atoms with Crippen molar-refractivity contribution in [2.45, 2.75) is 20.3 Å². The van der Waals surface area contributed by atoms with E-state index >= 15 is 0 Å². The number of carbonyl (C=O) groups is 1. The molecule has 0 unspecified atom stereocenters. The number of methoxy groups -OCH3 is 1. The van der Waals surface area contributed by atoms with Gasteiger partial charge in [-0.3, -0.25) is 4.79 Å². The van der Waals surface area contributed by atoms with E-state index in [-0.39, 0.29) is 11.8 Å². The topological polar surface area (TPSA) is 29.5 Å². The lowest BCUT2D eigenvalue weighted by atomic mass is 9.93. The average molecular weight is 267 g/mol. The highest BCUT2D eigenvalue weighted by atomic mass is 19.1. The van der Waals surface area contributed by atoms with Crippen molar-refractivity contribution in [2.75, 3.05) is 27.2 Å². The number of nitrogens with zero attached hydrogens (tertiary/aromatic N) is 1. The van der Waals surface area contributed by atoms with Crippen molar-refractivity contribution in [2.24, 2.45) is 5.41 Å². The van der Waals surface area contributed by atoms with Gasteiger partial charge in [0.25, 0.3) is 0 Å². The first-order valence-corrected chi connectivity index (χ1v) is 6.36. The molecule has 1 aromatic rings. The van der Waals surface area contributed by atoms with Crippen LogP contribution in [-0.2, 0) is 16.0 Å². The van der Waals surface area contributed by atoms with Crippen LogP contribution in [0, 0.1) is 11.2 Å². The summed E-state index contributed by atoms with van der Waals surface area (Å²) < 4.78 is 17.6. The van der Waals surface area contributed by atoms with E-state index in [4.69, 9.17) is 4.74 Å². The lowest BCUT2D eigenvalue weighted by molar-refractivity contribution is -0.151. The maximum absolute atomic E-state index is 12.8. The minimum Gasteiger partial charge on any atom is -0.469 e. The molecule has 4 heteroatoms. The van der Waals surface area contributed by atoms with Gasteiger partial charge in [-0.1, -0.05) is 12.1 Å². The molecule has 0 N–H and O–H groups in total. The summed E-state index contributed by atoms with van der Waals surface area (Å²) in [5.41, 5.74) is 0.566. The molecule has 0 radical (unpaired) electrons. The van der Waals surface area contributed by atoms with E-state index in [2.05, 4.69) is 4.90 Å². The van der Waals surface area contributed by atoms with Crippen molar-refractivity contribution >= 4 is 5.97 Å². The molecule has 0 atom stereocenters. The summed E-state index contributed by atoms with van der Waals surface area (Å²) in [6.45, 7) is 5.17. The van der Waals surface area contributed by atoms with Gasteiger partial charge in [-0.25, -0.2) is 4.39 Å². The standard InChI is InChI=1S/C15H22FNO2/c1-15(2,14(18)19-4)11-17(3)10-9-12-5-7-13(16)8-6-12/h5-8H,9-11H2,1-4H3. The largest absolute Gasteiger partial charge is 0.469 e. The molecule has 0 fully saturated rings. The number of benzene rings is 1. The van der Waals surface area contributed by atoms with Crippen LogP contribution < -0.4 is 0 Å². The van der Waals surface area contributed by atoms with Crippen LogP contribution >= 0.6 is 0 Å². The Balaban J connectivity index is 2.45. The number of hydrogen-bond acceptors (Lipinski definition) is 3. The molecule has 0 amide bonds. The highest BCUT2D eigenvalue weighted by Gasteiger charge is 2.29. The van der Waals surface area contributed by atoms with Gasteiger partial charge in [-0.2, -0.15) is 0 Å². The second-order valence-electron chi connectivity index (χ2n) is 5.49. The number of rotatable bonds is 6. The van der Waals surface area contributed by atoms with Gasteiger partial charge in [-0.15, -0.1) is 0 Å². The molecule has 0 saturated carbocycles. The molecule has 1 rings (SSSR count). The quantitative estimate of drug-likeness (QED) is 0.742. The van der Waals surface area contributed by atoms with E-state index < -0.39 is 5.41 Å². The fourth-order valence-corrected chi connectivity index (χ4v) is 2.07. The van der Waals surface area contributed by atoms with E-state index in [0.717, 1.165) is 18.5 Å². The third-order valence-electron chi connectivity index (χ3n) is 3.10. The van der Waals surface area contributed by atoms with Crippen LogP contribution in [0.1, 0.15) is 19.4 Å². The SMILES string of the molecule is COC(=O)C(C)(C)CN(C)CCc1ccc(F)cc1. The van der Waals surface area contributed by atoms with E-state index in [1.165, 1.54) is 19.2 Å². The van der Waals surface area contributed by atoms with Gasteiger partial charge in [0.1, 0.15) is 5.82 Å². The van der Waals surface area contributed by atoms with Gasteiger partial charge in [0.2, 0.25) is 0 Å². The van der Waals surface area contributed by atoms with E-state index in [1.807, 2.05) is 20.9 Å². The van der Waals surface area contributed by atoms with Crippen LogP contribution in [0.2, 0.25) is 0 Å². The highest BCUT2D eigenvalue weighted by molar-refractivity contribution is 5.76. The fraction of sp³-hybridized carbons (Fsp3) is 0.533. The highest BCUT2D eigenvalue weighted by Crippen LogP contribution is 2.18. The van der Waals surface area contributed by atoms with Crippen molar-refractivity contribution in [1.29, 1.82) is 0 Å². The summed E-state index contributed by atoms with van der Waals surface area (Å²) in [4.78, 5) is 13.7. The molecule has 1 aromatic carbocycles. The lowest BCUT2D eigenvalue weighted by Crippen LogP contribution is -2.38. The normalized spacial score (nSPS) is 11.7. The number of ether oxygens (including phenoxy) is 1. The summed E-state index contributed by atoms with van der Waals surface area (Å²) in [5, 5.41) is 0. The average Bonchev–Trinajstić information content (AvgIpc) is 2.36. The van der Waals surface area contributed by atoms with Gasteiger partial charge in [0, 0.05) is 13.1 Å². The van der Waals surface area contributed by atoms with Gasteiger partial charge < -0.3 is 9.64 Å². The molecule has 0 aliphatic rings. The Hall–Kier alpha value is -1.42. The summed E-state index contributed by atoms with van der Waals surface area (Å²) >= 11 is 0. The molecule has 0 bridgehead atoms. The van der Waals surface area contributed by atoms with Crippen molar-refractivity contribution in [3.63, 3.8) is 0 Å². The molecule has 19 heavy (non-hydrogen) atoms. The molecule has 0 aliphatic heterocycles. The number of esters is 1. The Morgan fingerprint density at radius 1 is 1.32 bits per heavy atom. The van der Waals surface area contributed by atoms with Gasteiger partial charge >= 0.3 is 5.97 Å². The smallest absolute Gasteiger partial charge is 0.312 e. The van der Waals surface area contributed by atoms with Crippen LogP contribution in [-0.4, -0.2) is 38.1 Å². The summed E-state index contributed by atoms with van der Waals surface area (Å²) in [5.74, 6) is -0.426. The number of carbonyl (C=O) groups excluding carboxylic acids is 1. The second kappa shape index (κ2) is 6.66. The molecule has 0 aromatic heterocycles. The third-order valence-corrected chi connectivity index (χ3v) is 3.10. The Labute approximate surface area is 114 Å². The van der Waals surface area contributed by atoms with E-state index in [1.54, 1.807) is 12.1 Å². The predicted octanol–water partition coefficient (Wildman–Crippen LogP) is 2.50. The number of hydrogen-bond donors (Lipinski definition) is 0. The van der Waals surface area contributed by atoms with Crippen molar-refractivity contribution in [1.82, 2.24) is 4.90 Å². The van der Waals surface area contributed by atoms with Crippen LogP contribution in [0.4, 0.5) is 4.39 Å². The van der Waals surface area contributed by atoms with Crippen LogP contribution in [0.5, 0.6) is 0 Å². The first-order valence-electron chi connectivity index (χ1n) is 6.36. The molecular weight excluding hydrogens is 245 g/mol. The monoisotopic (exact) mass is 267 g/mol. The third kappa shape index (κ3) is 4.99. The molecule has 0 saturated heterocycles. The van der Waals surface area contributed by atoms with E-state index in [9.17, 15) is 9.18 Å². The lowest BCUT2D eigenvalue weighted by Gasteiger charge is -2.27.